The second-order valence-corrected chi connectivity index (χ2v) is 10.6. The van der Waals surface area contributed by atoms with Crippen LogP contribution >= 0.6 is 0 Å². The van der Waals surface area contributed by atoms with Gasteiger partial charge in [-0.15, -0.1) is 0 Å². The lowest BCUT2D eigenvalue weighted by Gasteiger charge is -2.12. The summed E-state index contributed by atoms with van der Waals surface area (Å²) in [5.41, 5.74) is 5.08. The second-order valence-electron chi connectivity index (χ2n) is 8.74. The van der Waals surface area contributed by atoms with Gasteiger partial charge in [-0.05, 0) is 41.5 Å². The zero-order chi connectivity index (χ0) is 28.7. The van der Waals surface area contributed by atoms with Gasteiger partial charge in [-0.3, -0.25) is 0 Å². The molecule has 4 heterocycles. The number of aromatic nitrogens is 4. The van der Waals surface area contributed by atoms with Crippen LogP contribution in [0.5, 0.6) is 5.75 Å². The van der Waals surface area contributed by atoms with E-state index in [1.807, 2.05) is 0 Å². The molecule has 2 N–H and O–H groups in total. The number of nitrogens with two attached hydrogens (primary N) is 1. The Kier molecular flexibility index (Phi) is 7.02. The van der Waals surface area contributed by atoms with E-state index in [2.05, 4.69) is 15.0 Å². The molecule has 5 aromatic rings. The van der Waals surface area contributed by atoms with Crippen molar-refractivity contribution in [2.45, 2.75) is 24.0 Å². The van der Waals surface area contributed by atoms with Crippen LogP contribution in [-0.2, 0) is 29.2 Å². The lowest BCUT2D eigenvalue weighted by molar-refractivity contribution is -0.141. The van der Waals surface area contributed by atoms with E-state index < -0.39 is 27.8 Å². The molecule has 4 aromatic heterocycles. The Hall–Kier alpha value is -4.36. The number of hydrogen-bond acceptors (Lipinski definition) is 7. The molecule has 5 rings (SSSR count). The Bertz CT molecular complexity index is 1820. The third-order valence-electron chi connectivity index (χ3n) is 6.24. The molecule has 0 bridgehead atoms. The van der Waals surface area contributed by atoms with Crippen molar-refractivity contribution >= 4 is 21.1 Å². The number of ether oxygens (including phenoxy) is 1. The Morgan fingerprint density at radius 3 is 2.35 bits per heavy atom. The standard InChI is InChI=1S/C27H21F4N5O3S/c1-39-19-12-21-18(15-36(26(21)33-14-19)40(37,38)20-5-3-2-4-6-20)11-16-7-9-22(34-25(16)28)24-17(13-32)8-10-23(35-24)27(29,30)31/h2-10,12,14-15H,11,13,32H2,1H3. The Morgan fingerprint density at radius 1 is 0.975 bits per heavy atom. The zero-order valence-corrected chi connectivity index (χ0v) is 21.7. The first-order chi connectivity index (χ1) is 19.0. The lowest BCUT2D eigenvalue weighted by atomic mass is 10.0. The van der Waals surface area contributed by atoms with Gasteiger partial charge in [-0.25, -0.2) is 27.3 Å². The molecular formula is C27H21F4N5O3S. The molecule has 0 aliphatic carbocycles. The van der Waals surface area contributed by atoms with E-state index in [1.54, 1.807) is 24.3 Å². The SMILES string of the molecule is COc1cnc2c(c1)c(Cc1ccc(-c3nc(C(F)(F)F)ccc3CN)nc1F)cn2S(=O)(=O)c1ccccc1. The normalized spacial score (nSPS) is 12.2. The number of fused-ring (bicyclic) bond motifs is 1. The molecule has 0 radical (unpaired) electrons. The lowest BCUT2D eigenvalue weighted by Crippen LogP contribution is -2.12. The molecule has 0 aliphatic rings. The number of alkyl halides is 3. The van der Waals surface area contributed by atoms with Gasteiger partial charge in [0.25, 0.3) is 10.0 Å². The molecule has 8 nitrogen and oxygen atoms in total. The maximum Gasteiger partial charge on any atom is 0.433 e. The summed E-state index contributed by atoms with van der Waals surface area (Å²) in [6.07, 6.45) is -2.07. The largest absolute Gasteiger partial charge is 0.495 e. The predicted octanol–water partition coefficient (Wildman–Crippen LogP) is 4.95. The minimum Gasteiger partial charge on any atom is -0.495 e. The van der Waals surface area contributed by atoms with Crippen molar-refractivity contribution in [3.05, 3.63) is 101 Å². The average Bonchev–Trinajstić information content (AvgIpc) is 3.32. The summed E-state index contributed by atoms with van der Waals surface area (Å²) in [6.45, 7) is -0.129. The number of methoxy groups -OCH3 is 1. The number of hydrogen-bond donors (Lipinski definition) is 1. The van der Waals surface area contributed by atoms with Gasteiger partial charge in [0.2, 0.25) is 5.95 Å². The van der Waals surface area contributed by atoms with E-state index in [0.29, 0.717) is 16.7 Å². The van der Waals surface area contributed by atoms with Crippen LogP contribution in [0.3, 0.4) is 0 Å². The first-order valence-electron chi connectivity index (χ1n) is 11.8. The smallest absolute Gasteiger partial charge is 0.433 e. The van der Waals surface area contributed by atoms with Gasteiger partial charge in [0, 0.05) is 30.1 Å². The van der Waals surface area contributed by atoms with Crippen molar-refractivity contribution in [2.24, 2.45) is 5.73 Å². The van der Waals surface area contributed by atoms with Crippen LogP contribution in [0.1, 0.15) is 22.4 Å². The van der Waals surface area contributed by atoms with E-state index in [4.69, 9.17) is 10.5 Å². The van der Waals surface area contributed by atoms with Crippen molar-refractivity contribution in [2.75, 3.05) is 7.11 Å². The molecule has 0 saturated heterocycles. The van der Waals surface area contributed by atoms with Crippen molar-refractivity contribution in [1.82, 2.24) is 18.9 Å². The van der Waals surface area contributed by atoms with Gasteiger partial charge in [-0.2, -0.15) is 17.6 Å². The van der Waals surface area contributed by atoms with Gasteiger partial charge < -0.3 is 10.5 Å². The van der Waals surface area contributed by atoms with Gasteiger partial charge in [0.05, 0.1) is 29.6 Å². The predicted molar refractivity (Wildman–Crippen MR) is 138 cm³/mol. The van der Waals surface area contributed by atoms with E-state index >= 15 is 4.39 Å². The Labute approximate surface area is 226 Å². The van der Waals surface area contributed by atoms with Gasteiger partial charge >= 0.3 is 6.18 Å². The van der Waals surface area contributed by atoms with Crippen LogP contribution < -0.4 is 10.5 Å². The number of benzene rings is 1. The molecule has 0 aliphatic heterocycles. The summed E-state index contributed by atoms with van der Waals surface area (Å²) in [4.78, 5) is 11.8. The monoisotopic (exact) mass is 571 g/mol. The molecule has 1 aromatic carbocycles. The molecule has 0 unspecified atom stereocenters. The molecule has 13 heteroatoms. The third kappa shape index (κ3) is 5.00. The van der Waals surface area contributed by atoms with Crippen molar-refractivity contribution in [1.29, 1.82) is 0 Å². The van der Waals surface area contributed by atoms with Gasteiger partial charge in [0.15, 0.2) is 5.65 Å². The van der Waals surface area contributed by atoms with Crippen LogP contribution in [-0.4, -0.2) is 34.5 Å². The highest BCUT2D eigenvalue weighted by Crippen LogP contribution is 2.32. The van der Waals surface area contributed by atoms with Gasteiger partial charge in [-0.1, -0.05) is 30.3 Å². The molecule has 0 amide bonds. The minimum absolute atomic E-state index is 0.0394. The summed E-state index contributed by atoms with van der Waals surface area (Å²) in [6, 6.07) is 14.1. The van der Waals surface area contributed by atoms with Crippen LogP contribution in [0.4, 0.5) is 17.6 Å². The minimum atomic E-state index is -4.70. The summed E-state index contributed by atoms with van der Waals surface area (Å²) in [5.74, 6) is -0.593. The highest BCUT2D eigenvalue weighted by Gasteiger charge is 2.33. The van der Waals surface area contributed by atoms with E-state index in [0.717, 1.165) is 10.0 Å². The molecule has 0 saturated carbocycles. The highest BCUT2D eigenvalue weighted by atomic mass is 32.2. The van der Waals surface area contributed by atoms with Crippen LogP contribution in [0.25, 0.3) is 22.4 Å². The van der Waals surface area contributed by atoms with E-state index in [9.17, 15) is 21.6 Å². The molecular weight excluding hydrogens is 550 g/mol. The van der Waals surface area contributed by atoms with Crippen molar-refractivity contribution in [3.8, 4) is 17.1 Å². The number of nitrogens with zero attached hydrogens (tertiary/aromatic N) is 4. The second kappa shape index (κ2) is 10.3. The average molecular weight is 572 g/mol. The first-order valence-corrected chi connectivity index (χ1v) is 13.2. The van der Waals surface area contributed by atoms with Crippen molar-refractivity contribution in [3.63, 3.8) is 0 Å². The molecule has 0 atom stereocenters. The molecule has 40 heavy (non-hydrogen) atoms. The first kappa shape index (κ1) is 27.2. The van der Waals surface area contributed by atoms with Crippen LogP contribution in [0.2, 0.25) is 0 Å². The molecule has 206 valence electrons. The maximum absolute atomic E-state index is 15.3. The number of halogens is 4. The van der Waals surface area contributed by atoms with E-state index in [-0.39, 0.29) is 46.0 Å². The van der Waals surface area contributed by atoms with E-state index in [1.165, 1.54) is 49.8 Å². The summed E-state index contributed by atoms with van der Waals surface area (Å²) in [5, 5.41) is 0.410. The fourth-order valence-electron chi connectivity index (χ4n) is 4.23. The number of pyridine rings is 3. The number of rotatable bonds is 7. The quantitative estimate of drug-likeness (QED) is 0.217. The van der Waals surface area contributed by atoms with Crippen molar-refractivity contribution < 1.29 is 30.7 Å². The molecule has 0 fully saturated rings. The zero-order valence-electron chi connectivity index (χ0n) is 20.9. The highest BCUT2D eigenvalue weighted by molar-refractivity contribution is 7.90. The summed E-state index contributed by atoms with van der Waals surface area (Å²) in [7, 11) is -2.61. The Morgan fingerprint density at radius 2 is 1.70 bits per heavy atom. The van der Waals surface area contributed by atoms with Crippen LogP contribution in [0.15, 0.2) is 78.0 Å². The Balaban J connectivity index is 1.58. The maximum atomic E-state index is 15.3. The third-order valence-corrected chi connectivity index (χ3v) is 7.91. The van der Waals surface area contributed by atoms with Crippen LogP contribution in [0, 0.1) is 5.95 Å². The summed E-state index contributed by atoms with van der Waals surface area (Å²) < 4.78 is 88.1. The molecule has 0 spiro atoms. The fraction of sp³-hybridized carbons (Fsp3) is 0.148. The fourth-order valence-corrected chi connectivity index (χ4v) is 5.60. The summed E-state index contributed by atoms with van der Waals surface area (Å²) >= 11 is 0. The topological polar surface area (TPSA) is 113 Å². The van der Waals surface area contributed by atoms with Gasteiger partial charge in [0.1, 0.15) is 11.4 Å².